The standard InChI is InChI=1S/C12H18ClN3O4S/c1-8(12(17)15-5-6-20-2)16-21(18,19)11-4-3-9(14)7-10(11)13/h3-4,7-8,16H,5-6,14H2,1-2H3,(H,15,17). The second-order valence-corrected chi connectivity index (χ2v) is 6.41. The maximum atomic E-state index is 12.2. The van der Waals surface area contributed by atoms with Crippen molar-refractivity contribution in [2.45, 2.75) is 17.9 Å². The van der Waals surface area contributed by atoms with Crippen molar-refractivity contribution in [2.75, 3.05) is 26.0 Å². The molecule has 1 aromatic carbocycles. The van der Waals surface area contributed by atoms with Crippen LogP contribution in [0.25, 0.3) is 0 Å². The third kappa shape index (κ3) is 5.16. The molecule has 0 radical (unpaired) electrons. The minimum absolute atomic E-state index is 0.00510. The van der Waals surface area contributed by atoms with Gasteiger partial charge in [-0.1, -0.05) is 11.6 Å². The van der Waals surface area contributed by atoms with Gasteiger partial charge in [0.25, 0.3) is 0 Å². The number of anilines is 1. The number of hydrogen-bond acceptors (Lipinski definition) is 5. The Morgan fingerprint density at radius 1 is 1.48 bits per heavy atom. The molecule has 0 spiro atoms. The number of halogens is 1. The summed E-state index contributed by atoms with van der Waals surface area (Å²) in [5, 5.41) is 2.53. The van der Waals surface area contributed by atoms with Gasteiger partial charge in [-0.25, -0.2) is 8.42 Å². The molecule has 9 heteroatoms. The van der Waals surface area contributed by atoms with Crippen molar-refractivity contribution in [3.63, 3.8) is 0 Å². The summed E-state index contributed by atoms with van der Waals surface area (Å²) in [6, 6.07) is 3.10. The molecule has 0 heterocycles. The third-order valence-corrected chi connectivity index (χ3v) is 4.60. The maximum absolute atomic E-state index is 12.2. The zero-order valence-electron chi connectivity index (χ0n) is 11.7. The van der Waals surface area contributed by atoms with Crippen molar-refractivity contribution < 1.29 is 17.9 Å². The number of carbonyl (C=O) groups is 1. The first kappa shape index (κ1) is 17.7. The monoisotopic (exact) mass is 335 g/mol. The molecule has 0 aliphatic heterocycles. The molecule has 1 unspecified atom stereocenters. The lowest BCUT2D eigenvalue weighted by Gasteiger charge is -2.15. The number of methoxy groups -OCH3 is 1. The molecular weight excluding hydrogens is 318 g/mol. The maximum Gasteiger partial charge on any atom is 0.242 e. The molecule has 0 aromatic heterocycles. The van der Waals surface area contributed by atoms with E-state index in [2.05, 4.69) is 10.0 Å². The van der Waals surface area contributed by atoms with Crippen molar-refractivity contribution in [1.29, 1.82) is 0 Å². The second kappa shape index (κ2) is 7.60. The Bertz CT molecular complexity index is 607. The van der Waals surface area contributed by atoms with Crippen LogP contribution in [-0.4, -0.2) is 40.6 Å². The molecule has 1 amide bonds. The molecule has 0 bridgehead atoms. The molecular formula is C12H18ClN3O4S. The molecule has 7 nitrogen and oxygen atoms in total. The quantitative estimate of drug-likeness (QED) is 0.492. The zero-order chi connectivity index (χ0) is 16.0. The van der Waals surface area contributed by atoms with Crippen LogP contribution in [0.4, 0.5) is 5.69 Å². The van der Waals surface area contributed by atoms with Crippen LogP contribution in [0.1, 0.15) is 6.92 Å². The number of amides is 1. The SMILES string of the molecule is COCCNC(=O)C(C)NS(=O)(=O)c1ccc(N)cc1Cl. The first-order valence-corrected chi connectivity index (χ1v) is 7.98. The molecule has 0 aliphatic carbocycles. The van der Waals surface area contributed by atoms with Gasteiger partial charge in [0.15, 0.2) is 0 Å². The Morgan fingerprint density at radius 2 is 2.14 bits per heavy atom. The van der Waals surface area contributed by atoms with Gasteiger partial charge >= 0.3 is 0 Å². The van der Waals surface area contributed by atoms with Crippen LogP contribution < -0.4 is 15.8 Å². The molecule has 4 N–H and O–H groups in total. The van der Waals surface area contributed by atoms with E-state index >= 15 is 0 Å². The summed E-state index contributed by atoms with van der Waals surface area (Å²) in [7, 11) is -2.41. The number of nitrogens with one attached hydrogen (secondary N) is 2. The highest BCUT2D eigenvalue weighted by Gasteiger charge is 2.23. The topological polar surface area (TPSA) is 111 Å². The van der Waals surface area contributed by atoms with Gasteiger partial charge in [0, 0.05) is 19.3 Å². The van der Waals surface area contributed by atoms with Gasteiger partial charge in [-0.2, -0.15) is 4.72 Å². The smallest absolute Gasteiger partial charge is 0.242 e. The molecule has 0 aliphatic rings. The number of hydrogen-bond donors (Lipinski definition) is 3. The van der Waals surface area contributed by atoms with E-state index in [1.54, 1.807) is 0 Å². The van der Waals surface area contributed by atoms with Crippen molar-refractivity contribution >= 4 is 33.2 Å². The normalized spacial score (nSPS) is 12.9. The average molecular weight is 336 g/mol. The Morgan fingerprint density at radius 3 is 2.71 bits per heavy atom. The molecule has 0 saturated carbocycles. The third-order valence-electron chi connectivity index (χ3n) is 2.58. The zero-order valence-corrected chi connectivity index (χ0v) is 13.3. The van der Waals surface area contributed by atoms with Crippen LogP contribution in [0.2, 0.25) is 5.02 Å². The Labute approximate surface area is 128 Å². The van der Waals surface area contributed by atoms with Crippen molar-refractivity contribution in [3.05, 3.63) is 23.2 Å². The van der Waals surface area contributed by atoms with Crippen LogP contribution in [-0.2, 0) is 19.6 Å². The minimum atomic E-state index is -3.91. The predicted molar refractivity (Wildman–Crippen MR) is 80.5 cm³/mol. The van der Waals surface area contributed by atoms with E-state index in [0.717, 1.165) is 0 Å². The van der Waals surface area contributed by atoms with Crippen molar-refractivity contribution in [2.24, 2.45) is 0 Å². The molecule has 118 valence electrons. The summed E-state index contributed by atoms with van der Waals surface area (Å²) in [6.45, 7) is 2.07. The highest BCUT2D eigenvalue weighted by Crippen LogP contribution is 2.23. The van der Waals surface area contributed by atoms with Gasteiger partial charge in [0.2, 0.25) is 15.9 Å². The number of ether oxygens (including phenoxy) is 1. The minimum Gasteiger partial charge on any atom is -0.399 e. The summed E-state index contributed by atoms with van der Waals surface area (Å²) in [5.41, 5.74) is 5.86. The molecule has 1 atom stereocenters. The number of sulfonamides is 1. The van der Waals surface area contributed by atoms with Gasteiger partial charge in [-0.3, -0.25) is 4.79 Å². The Hall–Kier alpha value is -1.35. The molecule has 0 fully saturated rings. The Kier molecular flexibility index (Phi) is 6.41. The highest BCUT2D eigenvalue weighted by molar-refractivity contribution is 7.89. The lowest BCUT2D eigenvalue weighted by molar-refractivity contribution is -0.122. The fourth-order valence-electron chi connectivity index (χ4n) is 1.51. The lowest BCUT2D eigenvalue weighted by Crippen LogP contribution is -2.45. The lowest BCUT2D eigenvalue weighted by atomic mass is 10.3. The summed E-state index contributed by atoms with van der Waals surface area (Å²) in [6.07, 6.45) is 0. The molecule has 1 aromatic rings. The summed E-state index contributed by atoms with van der Waals surface area (Å²) < 4.78 is 31.4. The number of nitrogen functional groups attached to an aromatic ring is 1. The number of nitrogens with two attached hydrogens (primary N) is 1. The largest absolute Gasteiger partial charge is 0.399 e. The van der Waals surface area contributed by atoms with E-state index in [0.29, 0.717) is 18.8 Å². The van der Waals surface area contributed by atoms with E-state index in [4.69, 9.17) is 22.1 Å². The van der Waals surface area contributed by atoms with Gasteiger partial charge in [0.1, 0.15) is 4.90 Å². The van der Waals surface area contributed by atoms with E-state index in [1.807, 2.05) is 0 Å². The number of rotatable bonds is 7. The fraction of sp³-hybridized carbons (Fsp3) is 0.417. The first-order chi connectivity index (χ1) is 9.77. The van der Waals surface area contributed by atoms with Crippen molar-refractivity contribution in [3.8, 4) is 0 Å². The van der Waals surface area contributed by atoms with Crippen LogP contribution in [0.5, 0.6) is 0 Å². The van der Waals surface area contributed by atoms with Gasteiger partial charge < -0.3 is 15.8 Å². The summed E-state index contributed by atoms with van der Waals surface area (Å²) >= 11 is 5.86. The molecule has 1 rings (SSSR count). The summed E-state index contributed by atoms with van der Waals surface area (Å²) in [4.78, 5) is 11.6. The van der Waals surface area contributed by atoms with Crippen LogP contribution >= 0.6 is 11.6 Å². The Balaban J connectivity index is 2.78. The van der Waals surface area contributed by atoms with Crippen LogP contribution in [0, 0.1) is 0 Å². The van der Waals surface area contributed by atoms with E-state index in [9.17, 15) is 13.2 Å². The number of carbonyl (C=O) groups excluding carboxylic acids is 1. The van der Waals surface area contributed by atoms with Crippen LogP contribution in [0.3, 0.4) is 0 Å². The fourth-order valence-corrected chi connectivity index (χ4v) is 3.27. The van der Waals surface area contributed by atoms with E-state index < -0.39 is 22.0 Å². The van der Waals surface area contributed by atoms with Crippen LogP contribution in [0.15, 0.2) is 23.1 Å². The van der Waals surface area contributed by atoms with E-state index in [-0.39, 0.29) is 9.92 Å². The highest BCUT2D eigenvalue weighted by atomic mass is 35.5. The molecule has 21 heavy (non-hydrogen) atoms. The second-order valence-electron chi connectivity index (χ2n) is 4.32. The average Bonchev–Trinajstić information content (AvgIpc) is 2.37. The van der Waals surface area contributed by atoms with Gasteiger partial charge in [0.05, 0.1) is 17.7 Å². The number of benzene rings is 1. The first-order valence-electron chi connectivity index (χ1n) is 6.12. The van der Waals surface area contributed by atoms with Crippen molar-refractivity contribution in [1.82, 2.24) is 10.0 Å². The van der Waals surface area contributed by atoms with Gasteiger partial charge in [-0.05, 0) is 25.1 Å². The van der Waals surface area contributed by atoms with E-state index in [1.165, 1.54) is 32.2 Å². The van der Waals surface area contributed by atoms with Gasteiger partial charge in [-0.15, -0.1) is 0 Å². The predicted octanol–water partition coefficient (Wildman–Crippen LogP) is 0.352. The molecule has 0 saturated heterocycles. The summed E-state index contributed by atoms with van der Waals surface area (Å²) in [5.74, 6) is -0.456.